The van der Waals surface area contributed by atoms with Gasteiger partial charge in [-0.15, -0.1) is 4.59 Å². The van der Waals surface area contributed by atoms with Gasteiger partial charge in [-0.05, 0) is 24.6 Å². The molecule has 1 aromatic rings. The number of halogens is 2. The molecule has 0 aromatic heterocycles. The fraction of sp³-hybridized carbons (Fsp3) is 0.467. The summed E-state index contributed by atoms with van der Waals surface area (Å²) < 4.78 is 12.4. The lowest BCUT2D eigenvalue weighted by Gasteiger charge is -2.37. The summed E-state index contributed by atoms with van der Waals surface area (Å²) in [5.41, 5.74) is 0.699. The Bertz CT molecular complexity index is 623. The first kappa shape index (κ1) is 15.9. The molecular formula is C15H18Cl2N3O2+. The molecule has 0 saturated carbocycles. The fourth-order valence-corrected chi connectivity index (χ4v) is 3.34. The van der Waals surface area contributed by atoms with Gasteiger partial charge in [0.25, 0.3) is 0 Å². The predicted octanol–water partition coefficient (Wildman–Crippen LogP) is 3.75. The lowest BCUT2D eigenvalue weighted by molar-refractivity contribution is -0.944. The number of hydrogen-bond acceptors (Lipinski definition) is 4. The topological polar surface area (TPSA) is 43.2 Å². The molecule has 2 heterocycles. The van der Waals surface area contributed by atoms with E-state index in [1.165, 1.54) is 6.34 Å². The zero-order valence-corrected chi connectivity index (χ0v) is 14.0. The Kier molecular flexibility index (Phi) is 4.27. The number of aliphatic imine (C=N–C) groups is 1. The third-order valence-corrected chi connectivity index (χ3v) is 4.47. The van der Waals surface area contributed by atoms with Crippen LogP contribution in [-0.4, -0.2) is 37.0 Å². The van der Waals surface area contributed by atoms with Gasteiger partial charge in [0.15, 0.2) is 6.34 Å². The van der Waals surface area contributed by atoms with Gasteiger partial charge in [0.05, 0.1) is 23.3 Å². The summed E-state index contributed by atoms with van der Waals surface area (Å²) in [4.78, 5) is 4.10. The Morgan fingerprint density at radius 2 is 2.23 bits per heavy atom. The molecule has 2 aliphatic heterocycles. The molecule has 0 aliphatic carbocycles. The highest BCUT2D eigenvalue weighted by molar-refractivity contribution is 6.35. The van der Waals surface area contributed by atoms with E-state index in [1.807, 2.05) is 13.1 Å². The second-order valence-electron chi connectivity index (χ2n) is 5.57. The van der Waals surface area contributed by atoms with E-state index in [0.717, 1.165) is 12.8 Å². The molecule has 3 atom stereocenters. The average molecular weight is 343 g/mol. The number of rotatable bonds is 4. The molecule has 2 aliphatic rings. The molecule has 7 heteroatoms. The van der Waals surface area contributed by atoms with Gasteiger partial charge in [0.1, 0.15) is 7.05 Å². The van der Waals surface area contributed by atoms with E-state index in [9.17, 15) is 0 Å². The van der Waals surface area contributed by atoms with Crippen molar-refractivity contribution in [2.24, 2.45) is 10.1 Å². The van der Waals surface area contributed by atoms with Crippen LogP contribution in [0.5, 0.6) is 0 Å². The van der Waals surface area contributed by atoms with Gasteiger partial charge >= 0.3 is 5.91 Å². The molecule has 22 heavy (non-hydrogen) atoms. The molecule has 0 bridgehead atoms. The van der Waals surface area contributed by atoms with Gasteiger partial charge in [-0.25, -0.2) is 0 Å². The van der Waals surface area contributed by atoms with Gasteiger partial charge in [-0.3, -0.25) is 9.47 Å². The van der Waals surface area contributed by atoms with Crippen LogP contribution >= 0.6 is 23.2 Å². The number of ether oxygens (including phenoxy) is 2. The van der Waals surface area contributed by atoms with Crippen molar-refractivity contribution >= 4 is 35.9 Å². The van der Waals surface area contributed by atoms with Crippen LogP contribution < -0.4 is 0 Å². The summed E-state index contributed by atoms with van der Waals surface area (Å²) in [5.74, 6) is -1.14. The van der Waals surface area contributed by atoms with Crippen LogP contribution in [0, 0.1) is 0 Å². The quantitative estimate of drug-likeness (QED) is 0.782. The SMILES string of the molecule is CCCC1COC(c2ccc(Cl)cc2Cl)([N+]2(C)C=NC=N2)O1. The van der Waals surface area contributed by atoms with Crippen molar-refractivity contribution in [2.45, 2.75) is 31.8 Å². The molecule has 0 radical (unpaired) electrons. The number of nitrogens with zero attached hydrogens (tertiary/aromatic N) is 3. The van der Waals surface area contributed by atoms with Crippen LogP contribution in [0.4, 0.5) is 0 Å². The van der Waals surface area contributed by atoms with Crippen molar-refractivity contribution < 1.29 is 14.1 Å². The minimum absolute atomic E-state index is 0.00380. The summed E-state index contributed by atoms with van der Waals surface area (Å²) in [6.45, 7) is 2.61. The predicted molar refractivity (Wildman–Crippen MR) is 87.0 cm³/mol. The van der Waals surface area contributed by atoms with Crippen molar-refractivity contribution in [1.29, 1.82) is 0 Å². The van der Waals surface area contributed by atoms with Crippen molar-refractivity contribution in [2.75, 3.05) is 13.7 Å². The average Bonchev–Trinajstić information content (AvgIpc) is 3.08. The van der Waals surface area contributed by atoms with E-state index in [-0.39, 0.29) is 10.7 Å². The monoisotopic (exact) mass is 342 g/mol. The van der Waals surface area contributed by atoms with Crippen LogP contribution in [0.3, 0.4) is 0 Å². The Balaban J connectivity index is 2.08. The lowest BCUT2D eigenvalue weighted by atomic mass is 10.1. The highest BCUT2D eigenvalue weighted by Gasteiger charge is 2.61. The van der Waals surface area contributed by atoms with Crippen molar-refractivity contribution in [1.82, 2.24) is 0 Å². The van der Waals surface area contributed by atoms with Crippen LogP contribution in [0.1, 0.15) is 25.3 Å². The molecule has 0 N–H and O–H groups in total. The van der Waals surface area contributed by atoms with E-state index < -0.39 is 5.91 Å². The smallest absolute Gasteiger partial charge is 0.294 e. The normalized spacial score (nSPS) is 33.7. The number of quaternary nitrogens is 1. The highest BCUT2D eigenvalue weighted by Crippen LogP contribution is 2.46. The van der Waals surface area contributed by atoms with Crippen LogP contribution in [0.15, 0.2) is 28.3 Å². The van der Waals surface area contributed by atoms with Gasteiger partial charge in [0, 0.05) is 5.02 Å². The summed E-state index contributed by atoms with van der Waals surface area (Å²) in [6.07, 6.45) is 5.09. The Labute approximate surface area is 139 Å². The molecule has 3 rings (SSSR count). The standard InChI is InChI=1S/C15H18Cl2N3O2/c1-3-4-12-8-21-15(22-12,20(2)10-18-9-19-20)13-6-5-11(16)7-14(13)17/h5-7,9-10,12H,3-4,8H2,1-2H3/q+1. The molecule has 0 spiro atoms. The van der Waals surface area contributed by atoms with Gasteiger partial charge in [-0.2, -0.15) is 4.99 Å². The number of hydrogen-bond donors (Lipinski definition) is 0. The molecule has 3 unspecified atom stereocenters. The maximum atomic E-state index is 6.41. The van der Waals surface area contributed by atoms with E-state index in [4.69, 9.17) is 32.7 Å². The van der Waals surface area contributed by atoms with Crippen LogP contribution in [-0.2, 0) is 15.4 Å². The van der Waals surface area contributed by atoms with Crippen molar-refractivity contribution in [3.8, 4) is 0 Å². The Hall–Kier alpha value is -0.980. The molecular weight excluding hydrogens is 325 g/mol. The molecule has 118 valence electrons. The maximum Gasteiger partial charge on any atom is 0.380 e. The summed E-state index contributed by atoms with van der Waals surface area (Å²) in [7, 11) is 1.87. The van der Waals surface area contributed by atoms with E-state index >= 15 is 0 Å². The first-order valence-electron chi connectivity index (χ1n) is 7.23. The van der Waals surface area contributed by atoms with Gasteiger partial charge in [-0.1, -0.05) is 41.6 Å². The highest BCUT2D eigenvalue weighted by atomic mass is 35.5. The third-order valence-electron chi connectivity index (χ3n) is 3.92. The summed E-state index contributed by atoms with van der Waals surface area (Å²) >= 11 is 12.4. The summed E-state index contributed by atoms with van der Waals surface area (Å²) in [6, 6.07) is 5.28. The minimum atomic E-state index is -1.14. The van der Waals surface area contributed by atoms with Crippen LogP contribution in [0.2, 0.25) is 10.0 Å². The summed E-state index contributed by atoms with van der Waals surface area (Å²) in [5, 5.41) is 5.45. The fourth-order valence-electron chi connectivity index (χ4n) is 2.81. The maximum absolute atomic E-state index is 6.41. The second kappa shape index (κ2) is 5.91. The molecule has 5 nitrogen and oxygen atoms in total. The van der Waals surface area contributed by atoms with Gasteiger partial charge in [0.2, 0.25) is 6.34 Å². The molecule has 1 fully saturated rings. The molecule has 0 amide bonds. The van der Waals surface area contributed by atoms with Crippen LogP contribution in [0.25, 0.3) is 0 Å². The largest absolute Gasteiger partial charge is 0.380 e. The molecule has 1 aromatic carbocycles. The zero-order valence-electron chi connectivity index (χ0n) is 12.5. The number of benzene rings is 1. The first-order valence-corrected chi connectivity index (χ1v) is 7.98. The van der Waals surface area contributed by atoms with Crippen molar-refractivity contribution in [3.05, 3.63) is 33.8 Å². The zero-order chi connectivity index (χ0) is 15.8. The Morgan fingerprint density at radius 3 is 2.86 bits per heavy atom. The van der Waals surface area contributed by atoms with Crippen molar-refractivity contribution in [3.63, 3.8) is 0 Å². The minimum Gasteiger partial charge on any atom is -0.294 e. The lowest BCUT2D eigenvalue weighted by Crippen LogP contribution is -2.56. The second-order valence-corrected chi connectivity index (χ2v) is 6.41. The third kappa shape index (κ3) is 2.47. The first-order chi connectivity index (χ1) is 10.5. The van der Waals surface area contributed by atoms with E-state index in [2.05, 4.69) is 17.0 Å². The van der Waals surface area contributed by atoms with Gasteiger partial charge < -0.3 is 0 Å². The van der Waals surface area contributed by atoms with E-state index in [0.29, 0.717) is 22.2 Å². The Morgan fingerprint density at radius 1 is 1.41 bits per heavy atom. The molecule has 1 saturated heterocycles. The van der Waals surface area contributed by atoms with E-state index in [1.54, 1.807) is 18.5 Å².